The molecule has 0 bridgehead atoms. The predicted octanol–water partition coefficient (Wildman–Crippen LogP) is 1.23. The average Bonchev–Trinajstić information content (AvgIpc) is 2.41. The molecule has 0 saturated carbocycles. The number of ether oxygens (including phenoxy) is 2. The summed E-state index contributed by atoms with van der Waals surface area (Å²) < 4.78 is 10.1. The van der Waals surface area contributed by atoms with E-state index in [0.29, 0.717) is 23.0 Å². The van der Waals surface area contributed by atoms with Crippen LogP contribution >= 0.6 is 12.2 Å². The van der Waals surface area contributed by atoms with Crippen LogP contribution in [-0.2, 0) is 4.74 Å². The molecule has 0 aliphatic rings. The molecule has 0 radical (unpaired) electrons. The highest BCUT2D eigenvalue weighted by Crippen LogP contribution is 2.20. The maximum absolute atomic E-state index is 9.67. The van der Waals surface area contributed by atoms with Crippen molar-refractivity contribution in [2.24, 2.45) is 5.10 Å². The quantitative estimate of drug-likeness (QED) is 0.417. The Balaban J connectivity index is 2.54. The SMILES string of the molecule is COC[C@@H](C)NC(=S)N/N=C/c1cc(OC)ccc1O. The zero-order valence-corrected chi connectivity index (χ0v) is 12.5. The van der Waals surface area contributed by atoms with Gasteiger partial charge in [-0.25, -0.2) is 0 Å². The van der Waals surface area contributed by atoms with Crippen LogP contribution in [0.2, 0.25) is 0 Å². The van der Waals surface area contributed by atoms with Crippen molar-refractivity contribution in [2.45, 2.75) is 13.0 Å². The number of rotatable bonds is 6. The fraction of sp³-hybridized carbons (Fsp3) is 0.385. The summed E-state index contributed by atoms with van der Waals surface area (Å²) in [5.74, 6) is 0.752. The smallest absolute Gasteiger partial charge is 0.187 e. The first kappa shape index (κ1) is 16.2. The Labute approximate surface area is 123 Å². The monoisotopic (exact) mass is 297 g/mol. The highest BCUT2D eigenvalue weighted by Gasteiger charge is 2.03. The van der Waals surface area contributed by atoms with E-state index in [1.165, 1.54) is 12.3 Å². The van der Waals surface area contributed by atoms with Crippen LogP contribution in [0.25, 0.3) is 0 Å². The summed E-state index contributed by atoms with van der Waals surface area (Å²) in [5, 5.41) is 17.0. The summed E-state index contributed by atoms with van der Waals surface area (Å²) in [7, 11) is 3.18. The van der Waals surface area contributed by atoms with Crippen LogP contribution in [0.4, 0.5) is 0 Å². The number of hydrogen-bond donors (Lipinski definition) is 3. The number of phenols is 1. The Morgan fingerprint density at radius 3 is 2.90 bits per heavy atom. The van der Waals surface area contributed by atoms with Crippen molar-refractivity contribution in [1.82, 2.24) is 10.7 Å². The molecule has 7 heteroatoms. The molecular formula is C13H19N3O3S. The molecule has 0 amide bonds. The average molecular weight is 297 g/mol. The molecule has 0 fully saturated rings. The van der Waals surface area contributed by atoms with E-state index in [9.17, 15) is 5.11 Å². The molecule has 0 saturated heterocycles. The Hall–Kier alpha value is -1.86. The number of thiocarbonyl (C=S) groups is 1. The molecule has 0 aliphatic carbocycles. The van der Waals surface area contributed by atoms with Crippen molar-refractivity contribution in [3.63, 3.8) is 0 Å². The molecule has 0 aliphatic heterocycles. The van der Waals surface area contributed by atoms with Gasteiger partial charge in [0.15, 0.2) is 5.11 Å². The molecular weight excluding hydrogens is 278 g/mol. The zero-order chi connectivity index (χ0) is 15.0. The van der Waals surface area contributed by atoms with E-state index >= 15 is 0 Å². The molecule has 0 heterocycles. The lowest BCUT2D eigenvalue weighted by molar-refractivity contribution is 0.179. The molecule has 0 spiro atoms. The van der Waals surface area contributed by atoms with Crippen LogP contribution in [-0.4, -0.2) is 43.3 Å². The van der Waals surface area contributed by atoms with Crippen LogP contribution in [0, 0.1) is 0 Å². The van der Waals surface area contributed by atoms with E-state index in [1.54, 1.807) is 26.4 Å². The molecule has 3 N–H and O–H groups in total. The van der Waals surface area contributed by atoms with Crippen LogP contribution in [0.5, 0.6) is 11.5 Å². The molecule has 110 valence electrons. The molecule has 0 unspecified atom stereocenters. The van der Waals surface area contributed by atoms with Gasteiger partial charge in [-0.15, -0.1) is 0 Å². The third-order valence-electron chi connectivity index (χ3n) is 2.40. The van der Waals surface area contributed by atoms with Gasteiger partial charge in [0.25, 0.3) is 0 Å². The van der Waals surface area contributed by atoms with Gasteiger partial charge in [0.1, 0.15) is 11.5 Å². The first-order valence-corrected chi connectivity index (χ1v) is 6.43. The van der Waals surface area contributed by atoms with E-state index in [1.807, 2.05) is 6.92 Å². The van der Waals surface area contributed by atoms with E-state index < -0.39 is 0 Å². The van der Waals surface area contributed by atoms with Gasteiger partial charge in [0.05, 0.1) is 19.9 Å². The molecule has 1 rings (SSSR count). The Morgan fingerprint density at radius 2 is 2.25 bits per heavy atom. The summed E-state index contributed by atoms with van der Waals surface area (Å²) in [5.41, 5.74) is 3.20. The standard InChI is InChI=1S/C13H19N3O3S/c1-9(8-18-2)15-13(20)16-14-7-10-6-11(19-3)4-5-12(10)17/h4-7,9,17H,8H2,1-3H3,(H2,15,16,20)/b14-7+/t9-/m1/s1. The highest BCUT2D eigenvalue weighted by atomic mass is 32.1. The maximum Gasteiger partial charge on any atom is 0.187 e. The van der Waals surface area contributed by atoms with Crippen molar-refractivity contribution in [3.8, 4) is 11.5 Å². The van der Waals surface area contributed by atoms with Gasteiger partial charge in [-0.3, -0.25) is 5.43 Å². The second kappa shape index (κ2) is 8.34. The van der Waals surface area contributed by atoms with E-state index in [4.69, 9.17) is 21.7 Å². The summed E-state index contributed by atoms with van der Waals surface area (Å²) >= 11 is 5.06. The fourth-order valence-electron chi connectivity index (χ4n) is 1.47. The molecule has 1 atom stereocenters. The third kappa shape index (κ3) is 5.41. The van der Waals surface area contributed by atoms with Gasteiger partial charge < -0.3 is 19.9 Å². The van der Waals surface area contributed by atoms with Crippen LogP contribution in [0.15, 0.2) is 23.3 Å². The number of hydrogen-bond acceptors (Lipinski definition) is 5. The third-order valence-corrected chi connectivity index (χ3v) is 2.61. The van der Waals surface area contributed by atoms with Gasteiger partial charge >= 0.3 is 0 Å². The van der Waals surface area contributed by atoms with Gasteiger partial charge in [-0.2, -0.15) is 5.10 Å². The van der Waals surface area contributed by atoms with Crippen molar-refractivity contribution < 1.29 is 14.6 Å². The first-order chi connectivity index (χ1) is 9.56. The number of benzene rings is 1. The maximum atomic E-state index is 9.67. The van der Waals surface area contributed by atoms with Crippen LogP contribution in [0.3, 0.4) is 0 Å². The second-order valence-corrected chi connectivity index (χ2v) is 4.53. The Morgan fingerprint density at radius 1 is 1.50 bits per heavy atom. The summed E-state index contributed by atoms with van der Waals surface area (Å²) in [6, 6.07) is 4.96. The minimum Gasteiger partial charge on any atom is -0.507 e. The molecule has 1 aromatic carbocycles. The number of nitrogens with zero attached hydrogens (tertiary/aromatic N) is 1. The normalized spacial score (nSPS) is 12.2. The van der Waals surface area contributed by atoms with Crippen molar-refractivity contribution in [2.75, 3.05) is 20.8 Å². The summed E-state index contributed by atoms with van der Waals surface area (Å²) in [6.07, 6.45) is 1.47. The summed E-state index contributed by atoms with van der Waals surface area (Å²) in [4.78, 5) is 0. The minimum atomic E-state index is 0.0837. The predicted molar refractivity (Wildman–Crippen MR) is 82.5 cm³/mol. The zero-order valence-electron chi connectivity index (χ0n) is 11.7. The Kier molecular flexibility index (Phi) is 6.75. The van der Waals surface area contributed by atoms with E-state index in [0.717, 1.165) is 0 Å². The number of hydrazone groups is 1. The largest absolute Gasteiger partial charge is 0.507 e. The number of aromatic hydroxyl groups is 1. The Bertz CT molecular complexity index is 480. The van der Waals surface area contributed by atoms with Crippen LogP contribution < -0.4 is 15.5 Å². The topological polar surface area (TPSA) is 75.1 Å². The van der Waals surface area contributed by atoms with Crippen molar-refractivity contribution in [1.29, 1.82) is 0 Å². The van der Waals surface area contributed by atoms with Gasteiger partial charge in [-0.05, 0) is 37.3 Å². The van der Waals surface area contributed by atoms with Crippen molar-refractivity contribution >= 4 is 23.5 Å². The fourth-order valence-corrected chi connectivity index (χ4v) is 1.73. The lowest BCUT2D eigenvalue weighted by Gasteiger charge is -2.13. The van der Waals surface area contributed by atoms with Gasteiger partial charge in [-0.1, -0.05) is 0 Å². The lowest BCUT2D eigenvalue weighted by Crippen LogP contribution is -2.40. The molecule has 1 aromatic rings. The number of methoxy groups -OCH3 is 2. The first-order valence-electron chi connectivity index (χ1n) is 6.02. The second-order valence-electron chi connectivity index (χ2n) is 4.12. The molecule has 6 nitrogen and oxygen atoms in total. The lowest BCUT2D eigenvalue weighted by atomic mass is 10.2. The van der Waals surface area contributed by atoms with Gasteiger partial charge in [0.2, 0.25) is 0 Å². The van der Waals surface area contributed by atoms with Crippen molar-refractivity contribution in [3.05, 3.63) is 23.8 Å². The van der Waals surface area contributed by atoms with E-state index in [2.05, 4.69) is 15.8 Å². The highest BCUT2D eigenvalue weighted by molar-refractivity contribution is 7.80. The minimum absolute atomic E-state index is 0.0837. The van der Waals surface area contributed by atoms with E-state index in [-0.39, 0.29) is 11.8 Å². The molecule has 20 heavy (non-hydrogen) atoms. The summed E-state index contributed by atoms with van der Waals surface area (Å²) in [6.45, 7) is 2.48. The van der Waals surface area contributed by atoms with Crippen LogP contribution in [0.1, 0.15) is 12.5 Å². The van der Waals surface area contributed by atoms with Gasteiger partial charge in [0, 0.05) is 18.7 Å². The number of phenolic OH excluding ortho intramolecular Hbond substituents is 1. The number of nitrogens with one attached hydrogen (secondary N) is 2. The molecule has 0 aromatic heterocycles.